The SMILES string of the molecule is CCN(CC)CCNC(=O)Nc1ccc(Oc2ccnc3cc(OC)c(OC)cc23)c(C)c1C. The first-order chi connectivity index (χ1) is 16.4. The minimum absolute atomic E-state index is 0.218. The number of urea groups is 1. The van der Waals surface area contributed by atoms with Crippen LogP contribution in [0.5, 0.6) is 23.0 Å². The summed E-state index contributed by atoms with van der Waals surface area (Å²) in [6.45, 7) is 11.5. The molecule has 3 rings (SSSR count). The van der Waals surface area contributed by atoms with E-state index in [1.54, 1.807) is 20.4 Å². The van der Waals surface area contributed by atoms with E-state index in [2.05, 4.69) is 34.4 Å². The van der Waals surface area contributed by atoms with Crippen LogP contribution in [0, 0.1) is 13.8 Å². The first-order valence-electron chi connectivity index (χ1n) is 11.5. The summed E-state index contributed by atoms with van der Waals surface area (Å²) in [5, 5.41) is 6.68. The average molecular weight is 467 g/mol. The number of hydrogen-bond acceptors (Lipinski definition) is 6. The highest BCUT2D eigenvalue weighted by molar-refractivity contribution is 5.91. The second-order valence-electron chi connectivity index (χ2n) is 7.90. The summed E-state index contributed by atoms with van der Waals surface area (Å²) in [7, 11) is 3.19. The predicted octanol–water partition coefficient (Wildman–Crippen LogP) is 5.12. The Bertz CT molecular complexity index is 1150. The fourth-order valence-corrected chi connectivity index (χ4v) is 3.73. The lowest BCUT2D eigenvalue weighted by atomic mass is 10.1. The molecule has 0 bridgehead atoms. The Morgan fingerprint density at radius 1 is 0.941 bits per heavy atom. The molecule has 1 heterocycles. The van der Waals surface area contributed by atoms with Crippen molar-refractivity contribution in [1.82, 2.24) is 15.2 Å². The first-order valence-corrected chi connectivity index (χ1v) is 11.5. The number of methoxy groups -OCH3 is 2. The van der Waals surface area contributed by atoms with Crippen molar-refractivity contribution in [3.05, 3.63) is 47.7 Å². The number of carbonyl (C=O) groups excluding carboxylic acids is 1. The zero-order valence-corrected chi connectivity index (χ0v) is 20.8. The number of likely N-dealkylation sites (N-methyl/N-ethyl adjacent to an activating group) is 1. The van der Waals surface area contributed by atoms with Crippen molar-refractivity contribution in [3.63, 3.8) is 0 Å². The molecular weight excluding hydrogens is 432 g/mol. The summed E-state index contributed by atoms with van der Waals surface area (Å²) in [5.41, 5.74) is 3.36. The largest absolute Gasteiger partial charge is 0.493 e. The van der Waals surface area contributed by atoms with Gasteiger partial charge in [-0.05, 0) is 62.3 Å². The van der Waals surface area contributed by atoms with Crippen LogP contribution in [0.4, 0.5) is 10.5 Å². The molecule has 0 unspecified atom stereocenters. The molecule has 0 saturated heterocycles. The van der Waals surface area contributed by atoms with Crippen LogP contribution in [-0.4, -0.2) is 56.3 Å². The molecule has 0 radical (unpaired) electrons. The maximum atomic E-state index is 12.4. The number of nitrogens with zero attached hydrogens (tertiary/aromatic N) is 2. The van der Waals surface area contributed by atoms with E-state index in [1.165, 1.54) is 0 Å². The third kappa shape index (κ3) is 5.69. The van der Waals surface area contributed by atoms with Crippen LogP contribution in [0.1, 0.15) is 25.0 Å². The van der Waals surface area contributed by atoms with Crippen LogP contribution in [0.2, 0.25) is 0 Å². The molecule has 0 atom stereocenters. The van der Waals surface area contributed by atoms with E-state index in [0.29, 0.717) is 29.5 Å². The number of anilines is 1. The predicted molar refractivity (Wildman–Crippen MR) is 136 cm³/mol. The molecule has 0 saturated carbocycles. The van der Waals surface area contributed by atoms with Crippen LogP contribution in [0.25, 0.3) is 10.9 Å². The number of hydrogen-bond donors (Lipinski definition) is 2. The number of aromatic nitrogens is 1. The van der Waals surface area contributed by atoms with Gasteiger partial charge in [-0.15, -0.1) is 0 Å². The van der Waals surface area contributed by atoms with Crippen LogP contribution in [0.3, 0.4) is 0 Å². The quantitative estimate of drug-likeness (QED) is 0.431. The standard InChI is InChI=1S/C26H34N4O4/c1-7-30(8-2)14-13-28-26(31)29-20-9-10-22(18(4)17(20)3)34-23-11-12-27-21-16-25(33-6)24(32-5)15-19(21)23/h9-12,15-16H,7-8,13-14H2,1-6H3,(H2,28,29,31). The molecule has 0 spiro atoms. The highest BCUT2D eigenvalue weighted by atomic mass is 16.5. The topological polar surface area (TPSA) is 85.0 Å². The maximum absolute atomic E-state index is 12.4. The monoisotopic (exact) mass is 466 g/mol. The minimum atomic E-state index is -0.218. The van der Waals surface area contributed by atoms with Gasteiger partial charge in [0.25, 0.3) is 0 Å². The summed E-state index contributed by atoms with van der Waals surface area (Å²) in [5.74, 6) is 2.57. The summed E-state index contributed by atoms with van der Waals surface area (Å²) < 4.78 is 17.1. The van der Waals surface area contributed by atoms with Crippen molar-refractivity contribution in [1.29, 1.82) is 0 Å². The molecule has 182 valence electrons. The lowest BCUT2D eigenvalue weighted by Gasteiger charge is -2.19. The van der Waals surface area contributed by atoms with Crippen LogP contribution in [-0.2, 0) is 0 Å². The van der Waals surface area contributed by atoms with Gasteiger partial charge in [-0.25, -0.2) is 4.79 Å². The van der Waals surface area contributed by atoms with Crippen molar-refractivity contribution < 1.29 is 19.0 Å². The van der Waals surface area contributed by atoms with E-state index < -0.39 is 0 Å². The number of rotatable bonds is 10. The molecule has 0 fully saturated rings. The van der Waals surface area contributed by atoms with E-state index >= 15 is 0 Å². The van der Waals surface area contributed by atoms with E-state index in [-0.39, 0.29) is 6.03 Å². The zero-order valence-electron chi connectivity index (χ0n) is 20.8. The van der Waals surface area contributed by atoms with Gasteiger partial charge < -0.3 is 29.7 Å². The minimum Gasteiger partial charge on any atom is -0.493 e. The van der Waals surface area contributed by atoms with Crippen LogP contribution in [0.15, 0.2) is 36.5 Å². The molecule has 2 aromatic carbocycles. The van der Waals surface area contributed by atoms with Gasteiger partial charge in [-0.1, -0.05) is 13.8 Å². The van der Waals surface area contributed by atoms with Crippen molar-refractivity contribution in [2.45, 2.75) is 27.7 Å². The number of fused-ring (bicyclic) bond motifs is 1. The van der Waals surface area contributed by atoms with Gasteiger partial charge in [-0.2, -0.15) is 0 Å². The third-order valence-electron chi connectivity index (χ3n) is 6.02. The Morgan fingerprint density at radius 3 is 2.32 bits per heavy atom. The summed E-state index contributed by atoms with van der Waals surface area (Å²) in [6.07, 6.45) is 1.70. The number of pyridine rings is 1. The van der Waals surface area contributed by atoms with Crippen LogP contribution >= 0.6 is 0 Å². The number of ether oxygens (including phenoxy) is 3. The molecule has 0 aliphatic carbocycles. The average Bonchev–Trinajstić information content (AvgIpc) is 2.85. The third-order valence-corrected chi connectivity index (χ3v) is 6.02. The molecule has 8 heteroatoms. The molecule has 2 amide bonds. The lowest BCUT2D eigenvalue weighted by molar-refractivity contribution is 0.248. The Balaban J connectivity index is 1.77. The lowest BCUT2D eigenvalue weighted by Crippen LogP contribution is -2.37. The highest BCUT2D eigenvalue weighted by Crippen LogP contribution is 2.38. The van der Waals surface area contributed by atoms with E-state index in [4.69, 9.17) is 14.2 Å². The van der Waals surface area contributed by atoms with Crippen molar-refractivity contribution in [2.75, 3.05) is 45.7 Å². The van der Waals surface area contributed by atoms with Gasteiger partial charge in [0.15, 0.2) is 11.5 Å². The molecule has 3 aromatic rings. The molecule has 2 N–H and O–H groups in total. The zero-order chi connectivity index (χ0) is 24.7. The molecule has 8 nitrogen and oxygen atoms in total. The number of nitrogens with one attached hydrogen (secondary N) is 2. The van der Waals surface area contributed by atoms with Gasteiger partial charge in [0.05, 0.1) is 19.7 Å². The van der Waals surface area contributed by atoms with E-state index in [0.717, 1.165) is 47.4 Å². The molecular formula is C26H34N4O4. The Morgan fingerprint density at radius 2 is 1.65 bits per heavy atom. The Kier molecular flexibility index (Phi) is 8.54. The Labute approximate surface area is 201 Å². The highest BCUT2D eigenvalue weighted by Gasteiger charge is 2.14. The van der Waals surface area contributed by atoms with Gasteiger partial charge >= 0.3 is 6.03 Å². The fraction of sp³-hybridized carbons (Fsp3) is 0.385. The first kappa shape index (κ1) is 25.1. The van der Waals surface area contributed by atoms with E-state index in [9.17, 15) is 4.79 Å². The Hall–Kier alpha value is -3.52. The van der Waals surface area contributed by atoms with Crippen molar-refractivity contribution in [3.8, 4) is 23.0 Å². The fourth-order valence-electron chi connectivity index (χ4n) is 3.73. The van der Waals surface area contributed by atoms with Crippen LogP contribution < -0.4 is 24.8 Å². The molecule has 0 aliphatic rings. The van der Waals surface area contributed by atoms with Gasteiger partial charge in [0, 0.05) is 36.4 Å². The number of carbonyl (C=O) groups is 1. The van der Waals surface area contributed by atoms with Gasteiger partial charge in [0.2, 0.25) is 0 Å². The summed E-state index contributed by atoms with van der Waals surface area (Å²) in [6, 6.07) is 9.00. The van der Waals surface area contributed by atoms with Crippen molar-refractivity contribution >= 4 is 22.6 Å². The molecule has 34 heavy (non-hydrogen) atoms. The van der Waals surface area contributed by atoms with Crippen molar-refractivity contribution in [2.24, 2.45) is 0 Å². The normalized spacial score (nSPS) is 10.9. The van der Waals surface area contributed by atoms with Gasteiger partial charge in [-0.3, -0.25) is 4.98 Å². The second kappa shape index (κ2) is 11.6. The summed E-state index contributed by atoms with van der Waals surface area (Å²) >= 11 is 0. The number of amides is 2. The van der Waals surface area contributed by atoms with Gasteiger partial charge in [0.1, 0.15) is 11.5 Å². The smallest absolute Gasteiger partial charge is 0.319 e. The second-order valence-corrected chi connectivity index (χ2v) is 7.90. The van der Waals surface area contributed by atoms with E-state index in [1.807, 2.05) is 44.2 Å². The molecule has 1 aromatic heterocycles. The number of benzene rings is 2. The summed E-state index contributed by atoms with van der Waals surface area (Å²) in [4.78, 5) is 19.1. The molecule has 0 aliphatic heterocycles. The maximum Gasteiger partial charge on any atom is 0.319 e.